The van der Waals surface area contributed by atoms with Gasteiger partial charge < -0.3 is 15.0 Å². The van der Waals surface area contributed by atoms with Crippen molar-refractivity contribution in [2.75, 3.05) is 6.54 Å². The van der Waals surface area contributed by atoms with E-state index >= 15 is 0 Å². The Kier molecular flexibility index (Phi) is 4.19. The van der Waals surface area contributed by atoms with Crippen molar-refractivity contribution in [1.82, 2.24) is 9.88 Å². The van der Waals surface area contributed by atoms with Crippen LogP contribution in [-0.2, 0) is 18.4 Å². The fourth-order valence-corrected chi connectivity index (χ4v) is 1.26. The van der Waals surface area contributed by atoms with Gasteiger partial charge in [0.15, 0.2) is 0 Å². The van der Waals surface area contributed by atoms with Crippen molar-refractivity contribution in [3.63, 3.8) is 0 Å². The first-order valence-corrected chi connectivity index (χ1v) is 4.73. The molecule has 14 heavy (non-hydrogen) atoms. The molecule has 0 saturated carbocycles. The first-order valence-electron chi connectivity index (χ1n) is 4.73. The van der Waals surface area contributed by atoms with Gasteiger partial charge in [0, 0.05) is 31.9 Å². The Balaban J connectivity index is 2.10. The van der Waals surface area contributed by atoms with Crippen LogP contribution in [0.4, 0.5) is 0 Å². The highest BCUT2D eigenvalue weighted by molar-refractivity contribution is 5.66. The van der Waals surface area contributed by atoms with Crippen molar-refractivity contribution >= 4 is 5.97 Å². The molecule has 0 bridgehead atoms. The maximum Gasteiger partial charge on any atom is 0.303 e. The van der Waals surface area contributed by atoms with Gasteiger partial charge in [0.25, 0.3) is 0 Å². The standard InChI is InChI=1S/C10H16N2O2/c1-12-7-3-4-9(12)8-11-6-2-5-10(13)14/h3-4,7,11H,2,5-6,8H2,1H3,(H,13,14). The van der Waals surface area contributed by atoms with Crippen molar-refractivity contribution in [2.45, 2.75) is 19.4 Å². The summed E-state index contributed by atoms with van der Waals surface area (Å²) in [4.78, 5) is 10.2. The van der Waals surface area contributed by atoms with E-state index in [4.69, 9.17) is 5.11 Å². The zero-order chi connectivity index (χ0) is 10.4. The molecule has 1 aromatic rings. The summed E-state index contributed by atoms with van der Waals surface area (Å²) < 4.78 is 2.05. The Hall–Kier alpha value is -1.29. The Morgan fingerprint density at radius 3 is 3.00 bits per heavy atom. The van der Waals surface area contributed by atoms with Gasteiger partial charge in [-0.3, -0.25) is 4.79 Å². The van der Waals surface area contributed by atoms with Crippen LogP contribution in [0.5, 0.6) is 0 Å². The zero-order valence-corrected chi connectivity index (χ0v) is 8.36. The lowest BCUT2D eigenvalue weighted by molar-refractivity contribution is -0.137. The van der Waals surface area contributed by atoms with Crippen LogP contribution in [0.15, 0.2) is 18.3 Å². The fraction of sp³-hybridized carbons (Fsp3) is 0.500. The highest BCUT2D eigenvalue weighted by Gasteiger charge is 1.97. The number of hydrogen-bond acceptors (Lipinski definition) is 2. The minimum Gasteiger partial charge on any atom is -0.481 e. The van der Waals surface area contributed by atoms with E-state index in [0.29, 0.717) is 6.42 Å². The molecule has 0 fully saturated rings. The minimum atomic E-state index is -0.731. The average molecular weight is 196 g/mol. The second-order valence-corrected chi connectivity index (χ2v) is 3.28. The van der Waals surface area contributed by atoms with Crippen molar-refractivity contribution < 1.29 is 9.90 Å². The van der Waals surface area contributed by atoms with Gasteiger partial charge in [0.2, 0.25) is 0 Å². The van der Waals surface area contributed by atoms with E-state index in [0.717, 1.165) is 13.1 Å². The van der Waals surface area contributed by atoms with Gasteiger partial charge in [0.05, 0.1) is 0 Å². The Labute approximate surface area is 83.5 Å². The molecule has 1 rings (SSSR count). The van der Waals surface area contributed by atoms with E-state index in [1.165, 1.54) is 5.69 Å². The zero-order valence-electron chi connectivity index (χ0n) is 8.36. The molecule has 4 nitrogen and oxygen atoms in total. The predicted molar refractivity (Wildman–Crippen MR) is 54.0 cm³/mol. The summed E-state index contributed by atoms with van der Waals surface area (Å²) in [6.07, 6.45) is 2.91. The highest BCUT2D eigenvalue weighted by Crippen LogP contribution is 1.98. The highest BCUT2D eigenvalue weighted by atomic mass is 16.4. The molecule has 0 aromatic carbocycles. The van der Waals surface area contributed by atoms with Gasteiger partial charge in [0.1, 0.15) is 0 Å². The van der Waals surface area contributed by atoms with E-state index in [-0.39, 0.29) is 6.42 Å². The van der Waals surface area contributed by atoms with Crippen molar-refractivity contribution in [3.8, 4) is 0 Å². The summed E-state index contributed by atoms with van der Waals surface area (Å²) in [6.45, 7) is 1.54. The lowest BCUT2D eigenvalue weighted by Crippen LogP contribution is -2.17. The van der Waals surface area contributed by atoms with Crippen LogP contribution < -0.4 is 5.32 Å². The molecule has 0 aliphatic heterocycles. The topological polar surface area (TPSA) is 54.3 Å². The summed E-state index contributed by atoms with van der Waals surface area (Å²) in [5.41, 5.74) is 1.21. The van der Waals surface area contributed by atoms with E-state index in [2.05, 4.69) is 5.32 Å². The molecule has 0 atom stereocenters. The van der Waals surface area contributed by atoms with E-state index < -0.39 is 5.97 Å². The number of carbonyl (C=O) groups is 1. The van der Waals surface area contributed by atoms with E-state index in [9.17, 15) is 4.79 Å². The molecule has 0 amide bonds. The molecule has 0 aliphatic carbocycles. The molecule has 0 radical (unpaired) electrons. The molecule has 2 N–H and O–H groups in total. The Morgan fingerprint density at radius 2 is 2.43 bits per heavy atom. The van der Waals surface area contributed by atoms with Gasteiger partial charge in [-0.2, -0.15) is 0 Å². The first-order chi connectivity index (χ1) is 6.70. The lowest BCUT2D eigenvalue weighted by atomic mass is 10.3. The van der Waals surface area contributed by atoms with Crippen LogP contribution in [-0.4, -0.2) is 22.2 Å². The van der Waals surface area contributed by atoms with Crippen LogP contribution in [0, 0.1) is 0 Å². The molecule has 1 heterocycles. The van der Waals surface area contributed by atoms with Crippen LogP contribution in [0.25, 0.3) is 0 Å². The quantitative estimate of drug-likeness (QED) is 0.667. The number of nitrogens with one attached hydrogen (secondary N) is 1. The van der Waals surface area contributed by atoms with Gasteiger partial charge >= 0.3 is 5.97 Å². The largest absolute Gasteiger partial charge is 0.481 e. The van der Waals surface area contributed by atoms with Crippen LogP contribution in [0.1, 0.15) is 18.5 Å². The summed E-state index contributed by atoms with van der Waals surface area (Å²) in [5.74, 6) is -0.731. The lowest BCUT2D eigenvalue weighted by Gasteiger charge is -2.04. The summed E-state index contributed by atoms with van der Waals surface area (Å²) in [7, 11) is 1.99. The number of aryl methyl sites for hydroxylation is 1. The van der Waals surface area contributed by atoms with Crippen LogP contribution >= 0.6 is 0 Å². The third-order valence-electron chi connectivity index (χ3n) is 2.10. The van der Waals surface area contributed by atoms with Crippen molar-refractivity contribution in [2.24, 2.45) is 7.05 Å². The van der Waals surface area contributed by atoms with Gasteiger partial charge in [-0.1, -0.05) is 0 Å². The number of carboxylic acid groups (broad SMARTS) is 1. The molecule has 0 saturated heterocycles. The van der Waals surface area contributed by atoms with Crippen molar-refractivity contribution in [1.29, 1.82) is 0 Å². The monoisotopic (exact) mass is 196 g/mol. The van der Waals surface area contributed by atoms with Crippen molar-refractivity contribution in [3.05, 3.63) is 24.0 Å². The number of rotatable bonds is 6. The summed E-state index contributed by atoms with van der Waals surface area (Å²) in [5, 5.41) is 11.6. The maximum absolute atomic E-state index is 10.2. The third kappa shape index (κ3) is 3.62. The van der Waals surface area contributed by atoms with Crippen LogP contribution in [0.2, 0.25) is 0 Å². The van der Waals surface area contributed by atoms with Gasteiger partial charge in [-0.05, 0) is 25.1 Å². The number of hydrogen-bond donors (Lipinski definition) is 2. The maximum atomic E-state index is 10.2. The fourth-order valence-electron chi connectivity index (χ4n) is 1.26. The third-order valence-corrected chi connectivity index (χ3v) is 2.10. The molecule has 1 aromatic heterocycles. The van der Waals surface area contributed by atoms with E-state index in [1.54, 1.807) is 0 Å². The predicted octanol–water partition coefficient (Wildman–Crippen LogP) is 0.979. The normalized spacial score (nSPS) is 10.4. The Bertz CT molecular complexity index is 294. The Morgan fingerprint density at radius 1 is 1.64 bits per heavy atom. The number of nitrogens with zero attached hydrogens (tertiary/aromatic N) is 1. The first kappa shape index (κ1) is 10.8. The molecule has 0 aliphatic rings. The second-order valence-electron chi connectivity index (χ2n) is 3.28. The molecular formula is C10H16N2O2. The number of carboxylic acids is 1. The van der Waals surface area contributed by atoms with E-state index in [1.807, 2.05) is 29.9 Å². The van der Waals surface area contributed by atoms with Crippen LogP contribution in [0.3, 0.4) is 0 Å². The second kappa shape index (κ2) is 5.44. The molecular weight excluding hydrogens is 180 g/mol. The average Bonchev–Trinajstić information content (AvgIpc) is 2.51. The van der Waals surface area contributed by atoms with Gasteiger partial charge in [-0.15, -0.1) is 0 Å². The SMILES string of the molecule is Cn1cccc1CNCCCC(=O)O. The molecule has 0 spiro atoms. The molecule has 78 valence electrons. The number of aliphatic carboxylic acids is 1. The minimum absolute atomic E-state index is 0.236. The number of aromatic nitrogens is 1. The summed E-state index contributed by atoms with van der Waals surface area (Å²) >= 11 is 0. The summed E-state index contributed by atoms with van der Waals surface area (Å²) in [6, 6.07) is 4.04. The van der Waals surface area contributed by atoms with Gasteiger partial charge in [-0.25, -0.2) is 0 Å². The smallest absolute Gasteiger partial charge is 0.303 e. The molecule has 0 unspecified atom stereocenters. The molecule has 4 heteroatoms.